The highest BCUT2D eigenvalue weighted by Crippen LogP contribution is 2.17. The molecule has 0 aliphatic heterocycles. The number of hydrogen-bond donors (Lipinski definition) is 2. The van der Waals surface area contributed by atoms with Crippen LogP contribution in [0.25, 0.3) is 0 Å². The molecule has 0 aromatic rings. The molecule has 0 spiro atoms. The number of urea groups is 1. The summed E-state index contributed by atoms with van der Waals surface area (Å²) < 4.78 is 0. The number of nitrogens with one attached hydrogen (secondary N) is 2. The van der Waals surface area contributed by atoms with Crippen molar-refractivity contribution in [3.63, 3.8) is 0 Å². The zero-order valence-corrected chi connectivity index (χ0v) is 10.8. The van der Waals surface area contributed by atoms with Gasteiger partial charge in [-0.25, -0.2) is 4.79 Å². The molecule has 2 N–H and O–H groups in total. The van der Waals surface area contributed by atoms with Gasteiger partial charge < -0.3 is 10.6 Å². The van der Waals surface area contributed by atoms with Gasteiger partial charge in [0.15, 0.2) is 0 Å². The van der Waals surface area contributed by atoms with Crippen molar-refractivity contribution in [3.8, 4) is 0 Å². The van der Waals surface area contributed by atoms with Crippen molar-refractivity contribution in [1.82, 2.24) is 15.5 Å². The second-order valence-corrected chi connectivity index (χ2v) is 4.56. The Morgan fingerprint density at radius 3 is 2.41 bits per heavy atom. The predicted molar refractivity (Wildman–Crippen MR) is 66.7 cm³/mol. The van der Waals surface area contributed by atoms with E-state index < -0.39 is 0 Å². The second kappa shape index (κ2) is 7.27. The Morgan fingerprint density at radius 2 is 1.88 bits per heavy atom. The summed E-state index contributed by atoms with van der Waals surface area (Å²) in [5.41, 5.74) is 0. The summed E-state index contributed by atoms with van der Waals surface area (Å²) in [5.74, 6) is -0.200. The van der Waals surface area contributed by atoms with Gasteiger partial charge >= 0.3 is 6.03 Å². The smallest absolute Gasteiger partial charge is 0.324 e. The molecule has 5 nitrogen and oxygen atoms in total. The van der Waals surface area contributed by atoms with Crippen LogP contribution in [0.5, 0.6) is 0 Å². The molecule has 0 atom stereocenters. The minimum atomic E-state index is -0.250. The van der Waals surface area contributed by atoms with Crippen molar-refractivity contribution in [2.45, 2.75) is 45.1 Å². The molecule has 1 rings (SSSR count). The quantitative estimate of drug-likeness (QED) is 0.774. The minimum absolute atomic E-state index is 0.200. The van der Waals surface area contributed by atoms with Gasteiger partial charge in [-0.05, 0) is 19.9 Å². The van der Waals surface area contributed by atoms with Crippen molar-refractivity contribution in [2.24, 2.45) is 0 Å². The lowest BCUT2D eigenvalue weighted by molar-refractivity contribution is -0.125. The van der Waals surface area contributed by atoms with E-state index in [-0.39, 0.29) is 18.0 Å². The third-order valence-corrected chi connectivity index (χ3v) is 3.14. The highest BCUT2D eigenvalue weighted by Gasteiger charge is 2.21. The molecule has 0 radical (unpaired) electrons. The third-order valence-electron chi connectivity index (χ3n) is 3.14. The maximum atomic E-state index is 11.9. The first-order valence-corrected chi connectivity index (χ1v) is 6.38. The zero-order valence-electron chi connectivity index (χ0n) is 10.8. The zero-order chi connectivity index (χ0) is 12.7. The molecular weight excluding hydrogens is 218 g/mol. The molecule has 5 heteroatoms. The van der Waals surface area contributed by atoms with Gasteiger partial charge in [-0.1, -0.05) is 19.3 Å². The van der Waals surface area contributed by atoms with Crippen LogP contribution in [0.1, 0.15) is 39.0 Å². The monoisotopic (exact) mass is 241 g/mol. The summed E-state index contributed by atoms with van der Waals surface area (Å²) in [6.45, 7) is 2.47. The van der Waals surface area contributed by atoms with Crippen molar-refractivity contribution in [1.29, 1.82) is 0 Å². The number of nitrogens with zero attached hydrogens (tertiary/aromatic N) is 1. The van der Waals surface area contributed by atoms with E-state index in [0.717, 1.165) is 12.8 Å². The molecule has 0 bridgehead atoms. The van der Waals surface area contributed by atoms with Gasteiger partial charge in [-0.3, -0.25) is 9.69 Å². The van der Waals surface area contributed by atoms with Crippen LogP contribution in [0.2, 0.25) is 0 Å². The normalized spacial score (nSPS) is 16.6. The molecule has 1 saturated carbocycles. The fraction of sp³-hybridized carbons (Fsp3) is 0.833. The molecule has 0 aromatic carbocycles. The number of carbonyl (C=O) groups excluding carboxylic acids is 2. The van der Waals surface area contributed by atoms with Gasteiger partial charge in [0, 0.05) is 26.1 Å². The van der Waals surface area contributed by atoms with Crippen LogP contribution in [-0.4, -0.2) is 43.0 Å². The van der Waals surface area contributed by atoms with Crippen molar-refractivity contribution in [3.05, 3.63) is 0 Å². The van der Waals surface area contributed by atoms with E-state index in [0.29, 0.717) is 13.1 Å². The van der Waals surface area contributed by atoms with Crippen LogP contribution >= 0.6 is 0 Å². The van der Waals surface area contributed by atoms with Gasteiger partial charge in [0.1, 0.15) is 0 Å². The number of imide groups is 1. The minimum Gasteiger partial charge on any atom is -0.335 e. The lowest BCUT2D eigenvalue weighted by atomic mass is 9.96. The Bertz CT molecular complexity index is 262. The van der Waals surface area contributed by atoms with Gasteiger partial charge in [0.2, 0.25) is 5.91 Å². The Labute approximate surface area is 103 Å². The maximum Gasteiger partial charge on any atom is 0.324 e. The first kappa shape index (κ1) is 14.0. The standard InChI is InChI=1S/C12H23N3O2/c1-10(16)15(9-8-13-2)12(17)14-11-6-4-3-5-7-11/h11,13H,3-9H2,1-2H3,(H,14,17). The molecule has 98 valence electrons. The number of hydrogen-bond acceptors (Lipinski definition) is 3. The van der Waals surface area contributed by atoms with E-state index in [4.69, 9.17) is 0 Å². The van der Waals surface area contributed by atoms with E-state index in [1.807, 2.05) is 0 Å². The lowest BCUT2D eigenvalue weighted by Crippen LogP contribution is -2.49. The fourth-order valence-corrected chi connectivity index (χ4v) is 2.13. The molecular formula is C12H23N3O2. The summed E-state index contributed by atoms with van der Waals surface area (Å²) >= 11 is 0. The van der Waals surface area contributed by atoms with E-state index in [9.17, 15) is 9.59 Å². The summed E-state index contributed by atoms with van der Waals surface area (Å²) in [6.07, 6.45) is 5.65. The van der Waals surface area contributed by atoms with Gasteiger partial charge in [-0.15, -0.1) is 0 Å². The van der Waals surface area contributed by atoms with Gasteiger partial charge in [-0.2, -0.15) is 0 Å². The average molecular weight is 241 g/mol. The third kappa shape index (κ3) is 4.73. The highest BCUT2D eigenvalue weighted by atomic mass is 16.2. The van der Waals surface area contributed by atoms with Crippen LogP contribution in [-0.2, 0) is 4.79 Å². The van der Waals surface area contributed by atoms with E-state index >= 15 is 0 Å². The summed E-state index contributed by atoms with van der Waals surface area (Å²) in [4.78, 5) is 24.6. The first-order valence-electron chi connectivity index (χ1n) is 6.38. The molecule has 1 fully saturated rings. The van der Waals surface area contributed by atoms with Crippen LogP contribution in [0.3, 0.4) is 0 Å². The largest absolute Gasteiger partial charge is 0.335 e. The Hall–Kier alpha value is -1.10. The fourth-order valence-electron chi connectivity index (χ4n) is 2.13. The molecule has 0 unspecified atom stereocenters. The predicted octanol–water partition coefficient (Wildman–Crippen LogP) is 1.10. The van der Waals surface area contributed by atoms with Gasteiger partial charge in [0.05, 0.1) is 0 Å². The molecule has 0 saturated heterocycles. The average Bonchev–Trinajstić information content (AvgIpc) is 2.30. The highest BCUT2D eigenvalue weighted by molar-refractivity contribution is 5.93. The molecule has 17 heavy (non-hydrogen) atoms. The van der Waals surface area contributed by atoms with Crippen molar-refractivity contribution >= 4 is 11.9 Å². The van der Waals surface area contributed by atoms with Crippen LogP contribution in [0.4, 0.5) is 4.79 Å². The van der Waals surface area contributed by atoms with Crippen LogP contribution in [0, 0.1) is 0 Å². The lowest BCUT2D eigenvalue weighted by Gasteiger charge is -2.26. The maximum absolute atomic E-state index is 11.9. The van der Waals surface area contributed by atoms with E-state index in [1.54, 1.807) is 7.05 Å². The molecule has 3 amide bonds. The Morgan fingerprint density at radius 1 is 1.24 bits per heavy atom. The topological polar surface area (TPSA) is 61.4 Å². The number of likely N-dealkylation sites (N-methyl/N-ethyl adjacent to an activating group) is 1. The summed E-state index contributed by atoms with van der Waals surface area (Å²) in [5, 5.41) is 5.89. The van der Waals surface area contributed by atoms with Crippen molar-refractivity contribution in [2.75, 3.05) is 20.1 Å². The number of carbonyl (C=O) groups is 2. The SMILES string of the molecule is CNCCN(C(C)=O)C(=O)NC1CCCCC1. The second-order valence-electron chi connectivity index (χ2n) is 4.56. The van der Waals surface area contributed by atoms with Crippen LogP contribution < -0.4 is 10.6 Å². The van der Waals surface area contributed by atoms with E-state index in [1.165, 1.54) is 31.1 Å². The first-order chi connectivity index (χ1) is 8.15. The molecule has 0 heterocycles. The summed E-state index contributed by atoms with van der Waals surface area (Å²) in [6, 6.07) is -0.00710. The molecule has 0 aromatic heterocycles. The Balaban J connectivity index is 2.43. The Kier molecular flexibility index (Phi) is 5.97. The van der Waals surface area contributed by atoms with Crippen LogP contribution in [0.15, 0.2) is 0 Å². The van der Waals surface area contributed by atoms with Crippen molar-refractivity contribution < 1.29 is 9.59 Å². The van der Waals surface area contributed by atoms with E-state index in [2.05, 4.69) is 10.6 Å². The number of amides is 3. The summed E-state index contributed by atoms with van der Waals surface area (Å²) in [7, 11) is 1.80. The van der Waals surface area contributed by atoms with Gasteiger partial charge in [0.25, 0.3) is 0 Å². The molecule has 1 aliphatic carbocycles. The molecule has 1 aliphatic rings. The number of rotatable bonds is 4.